The summed E-state index contributed by atoms with van der Waals surface area (Å²) in [6, 6.07) is 44.6. The minimum absolute atomic E-state index is 0.0159. The van der Waals surface area contributed by atoms with E-state index in [-0.39, 0.29) is 59.5 Å². The van der Waals surface area contributed by atoms with Crippen molar-refractivity contribution in [2.75, 3.05) is 53.8 Å². The van der Waals surface area contributed by atoms with Crippen molar-refractivity contribution in [3.05, 3.63) is 179 Å². The first-order valence-corrected chi connectivity index (χ1v) is 25.4. The standard InChI is InChI=1S/C55H51FN8O8S/c1-60-46-29-42(18-20-44(46)64(54(60)67)45-21-22-50(71-33-38-13-7-3-8-14-38)58-53(45)72-34-39-15-9-4-10-16-39)62-25-23-55(24-26-62)35-61(36-55)30-48(65)57-41-17-19-43-40(27-41)28-47(70-32-37-11-5-2-6-12-37)52(51(43)56)63-31-49(66)59-73(63,68)69/h2-22,27-29H,23-26,30-36H2,1H3,(H,57,65)(H,59,66). The molecule has 2 amide bonds. The van der Waals surface area contributed by atoms with Crippen molar-refractivity contribution in [3.63, 3.8) is 0 Å². The number of piperidine rings is 1. The number of carbonyl (C=O) groups is 2. The summed E-state index contributed by atoms with van der Waals surface area (Å²) in [7, 11) is -2.58. The van der Waals surface area contributed by atoms with Crippen LogP contribution in [-0.4, -0.2) is 78.5 Å². The summed E-state index contributed by atoms with van der Waals surface area (Å²) in [5.74, 6) is -1.30. The van der Waals surface area contributed by atoms with Crippen molar-refractivity contribution in [1.82, 2.24) is 23.7 Å². The number of aromatic nitrogens is 3. The number of hydrogen-bond acceptors (Lipinski definition) is 11. The fraction of sp³-hybridized carbons (Fsp3) is 0.236. The van der Waals surface area contributed by atoms with Gasteiger partial charge in [0.1, 0.15) is 43.5 Å². The number of imidazole rings is 1. The molecule has 0 saturated carbocycles. The zero-order valence-corrected chi connectivity index (χ0v) is 40.7. The molecule has 2 aromatic heterocycles. The number of amides is 2. The molecular formula is C55H51FN8O8S. The molecule has 0 bridgehead atoms. The summed E-state index contributed by atoms with van der Waals surface area (Å²) < 4.78 is 66.3. The lowest BCUT2D eigenvalue weighted by Gasteiger charge is -2.54. The average molecular weight is 1000 g/mol. The summed E-state index contributed by atoms with van der Waals surface area (Å²) in [6.07, 6.45) is 1.87. The number of pyridine rings is 1. The summed E-state index contributed by atoms with van der Waals surface area (Å²) in [6.45, 7) is 3.35. The zero-order chi connectivity index (χ0) is 50.3. The number of anilines is 3. The van der Waals surface area contributed by atoms with Gasteiger partial charge in [-0.2, -0.15) is 13.4 Å². The number of fused-ring (bicyclic) bond motifs is 2. The molecule has 8 aromatic rings. The van der Waals surface area contributed by atoms with E-state index >= 15 is 4.39 Å². The molecule has 0 aliphatic carbocycles. The van der Waals surface area contributed by atoms with Gasteiger partial charge in [-0.15, -0.1) is 0 Å². The second-order valence-corrected chi connectivity index (χ2v) is 20.4. The minimum Gasteiger partial charge on any atom is -0.487 e. The number of benzene rings is 6. The Hall–Kier alpha value is -8.22. The van der Waals surface area contributed by atoms with Crippen molar-refractivity contribution < 1.29 is 36.6 Å². The van der Waals surface area contributed by atoms with Gasteiger partial charge in [0.25, 0.3) is 5.91 Å². The Morgan fingerprint density at radius 1 is 0.753 bits per heavy atom. The van der Waals surface area contributed by atoms with E-state index in [1.165, 1.54) is 12.1 Å². The van der Waals surface area contributed by atoms with Gasteiger partial charge in [-0.05, 0) is 88.9 Å². The smallest absolute Gasteiger partial charge is 0.333 e. The summed E-state index contributed by atoms with van der Waals surface area (Å²) in [5, 5.41) is 3.41. The third-order valence-corrected chi connectivity index (χ3v) is 15.2. The zero-order valence-electron chi connectivity index (χ0n) is 39.9. The number of ether oxygens (including phenoxy) is 3. The summed E-state index contributed by atoms with van der Waals surface area (Å²) in [5.41, 5.74) is 5.65. The van der Waals surface area contributed by atoms with Crippen molar-refractivity contribution in [2.45, 2.75) is 32.7 Å². The monoisotopic (exact) mass is 1000 g/mol. The Bertz CT molecular complexity index is 3560. The van der Waals surface area contributed by atoms with Gasteiger partial charge in [-0.1, -0.05) is 91.0 Å². The molecule has 73 heavy (non-hydrogen) atoms. The van der Waals surface area contributed by atoms with Gasteiger partial charge in [0.05, 0.1) is 17.6 Å². The molecule has 0 unspecified atom stereocenters. The second-order valence-electron chi connectivity index (χ2n) is 18.8. The van der Waals surface area contributed by atoms with E-state index < -0.39 is 28.5 Å². The number of nitrogens with one attached hydrogen (secondary N) is 2. The lowest BCUT2D eigenvalue weighted by molar-refractivity contribution is -0.121. The molecule has 2 N–H and O–H groups in total. The number of nitrogens with zero attached hydrogens (tertiary/aromatic N) is 6. The molecule has 3 fully saturated rings. The predicted molar refractivity (Wildman–Crippen MR) is 276 cm³/mol. The first kappa shape index (κ1) is 47.1. The van der Waals surface area contributed by atoms with Crippen LogP contribution in [0.4, 0.5) is 21.5 Å². The molecule has 3 saturated heterocycles. The molecule has 3 aliphatic rings. The van der Waals surface area contributed by atoms with Crippen LogP contribution in [-0.2, 0) is 46.7 Å². The van der Waals surface area contributed by atoms with Crippen LogP contribution in [0.1, 0.15) is 29.5 Å². The average Bonchev–Trinajstić information content (AvgIpc) is 3.81. The number of hydrogen-bond donors (Lipinski definition) is 2. The van der Waals surface area contributed by atoms with Gasteiger partial charge >= 0.3 is 15.9 Å². The lowest BCUT2D eigenvalue weighted by Crippen LogP contribution is -2.61. The Morgan fingerprint density at radius 2 is 1.40 bits per heavy atom. The van der Waals surface area contributed by atoms with E-state index in [1.807, 2.05) is 108 Å². The third-order valence-electron chi connectivity index (χ3n) is 13.8. The van der Waals surface area contributed by atoms with Gasteiger partial charge in [0, 0.05) is 56.1 Å². The molecule has 18 heteroatoms. The lowest BCUT2D eigenvalue weighted by atomic mass is 9.72. The first-order valence-electron chi connectivity index (χ1n) is 24.0. The Kier molecular flexibility index (Phi) is 12.5. The Labute approximate surface area is 420 Å². The van der Waals surface area contributed by atoms with Crippen LogP contribution in [0.2, 0.25) is 0 Å². The van der Waals surface area contributed by atoms with E-state index in [1.54, 1.807) is 34.4 Å². The fourth-order valence-corrected chi connectivity index (χ4v) is 11.2. The number of aryl methyl sites for hydroxylation is 1. The van der Waals surface area contributed by atoms with Crippen molar-refractivity contribution in [3.8, 4) is 23.2 Å². The van der Waals surface area contributed by atoms with Crippen molar-refractivity contribution in [2.24, 2.45) is 12.5 Å². The molecule has 5 heterocycles. The maximum Gasteiger partial charge on any atom is 0.333 e. The van der Waals surface area contributed by atoms with E-state index in [0.29, 0.717) is 33.6 Å². The molecular weight excluding hydrogens is 952 g/mol. The third kappa shape index (κ3) is 9.66. The van der Waals surface area contributed by atoms with Crippen LogP contribution in [0.5, 0.6) is 17.5 Å². The predicted octanol–water partition coefficient (Wildman–Crippen LogP) is 7.48. The minimum atomic E-state index is -4.35. The highest BCUT2D eigenvalue weighted by Crippen LogP contribution is 2.43. The SMILES string of the molecule is Cn1c(=O)n(-c2ccc(OCc3ccccc3)nc2OCc2ccccc2)c2ccc(N3CCC4(CC3)CN(CC(=O)Nc3ccc5c(F)c(N6CC(=O)NS6(=O)=O)c(OCc6ccccc6)cc5c3)C4)cc21. The highest BCUT2D eigenvalue weighted by molar-refractivity contribution is 7.92. The van der Waals surface area contributed by atoms with Crippen molar-refractivity contribution in [1.29, 1.82) is 0 Å². The second kappa shape index (κ2) is 19.4. The normalized spacial score (nSPS) is 16.1. The van der Waals surface area contributed by atoms with E-state index in [4.69, 9.17) is 19.2 Å². The highest BCUT2D eigenvalue weighted by Gasteiger charge is 2.45. The van der Waals surface area contributed by atoms with E-state index in [2.05, 4.69) is 27.2 Å². The molecule has 0 atom stereocenters. The number of likely N-dealkylation sites (tertiary alicyclic amines) is 1. The van der Waals surface area contributed by atoms with Crippen LogP contribution in [0.25, 0.3) is 27.5 Å². The number of rotatable bonds is 15. The van der Waals surface area contributed by atoms with E-state index in [9.17, 15) is 22.8 Å². The largest absolute Gasteiger partial charge is 0.487 e. The van der Waals surface area contributed by atoms with Gasteiger partial charge in [0.15, 0.2) is 5.82 Å². The van der Waals surface area contributed by atoms with Gasteiger partial charge in [-0.25, -0.2) is 18.2 Å². The maximum atomic E-state index is 16.3. The van der Waals surface area contributed by atoms with Gasteiger partial charge in [-0.3, -0.25) is 23.6 Å². The van der Waals surface area contributed by atoms with Crippen molar-refractivity contribution >= 4 is 60.9 Å². The Balaban J connectivity index is 0.740. The molecule has 6 aromatic carbocycles. The number of carbonyl (C=O) groups excluding carboxylic acids is 2. The van der Waals surface area contributed by atoms with Gasteiger partial charge < -0.3 is 24.4 Å². The van der Waals surface area contributed by atoms with Gasteiger partial charge in [0.2, 0.25) is 17.7 Å². The Morgan fingerprint density at radius 3 is 2.04 bits per heavy atom. The molecule has 0 radical (unpaired) electrons. The molecule has 11 rings (SSSR count). The molecule has 16 nitrogen and oxygen atoms in total. The summed E-state index contributed by atoms with van der Waals surface area (Å²) >= 11 is 0. The first-order chi connectivity index (χ1) is 35.4. The van der Waals surface area contributed by atoms with Crippen LogP contribution in [0.15, 0.2) is 150 Å². The molecule has 1 spiro atoms. The maximum absolute atomic E-state index is 16.3. The molecule has 3 aliphatic heterocycles. The van der Waals surface area contributed by atoms with Crippen LogP contribution < -0.4 is 39.1 Å². The van der Waals surface area contributed by atoms with Crippen LogP contribution in [0, 0.1) is 11.2 Å². The quantitative estimate of drug-likeness (QED) is 0.105. The topological polar surface area (TPSA) is 170 Å². The molecule has 372 valence electrons. The fourth-order valence-electron chi connectivity index (χ4n) is 10.1. The number of halogens is 1. The van der Waals surface area contributed by atoms with Crippen LogP contribution >= 0.6 is 0 Å². The highest BCUT2D eigenvalue weighted by atomic mass is 32.2. The van der Waals surface area contributed by atoms with E-state index in [0.717, 1.165) is 72.4 Å². The van der Waals surface area contributed by atoms with Crippen LogP contribution in [0.3, 0.4) is 0 Å². The summed E-state index contributed by atoms with van der Waals surface area (Å²) in [4.78, 5) is 48.9.